The van der Waals surface area contributed by atoms with Crippen LogP contribution in [0.5, 0.6) is 0 Å². The Morgan fingerprint density at radius 2 is 2.50 bits per heavy atom. The van der Waals surface area contributed by atoms with E-state index in [0.29, 0.717) is 0 Å². The lowest BCUT2D eigenvalue weighted by molar-refractivity contribution is -0.110. The number of carbonyl (C=O) groups excluding carboxylic acids is 1. The zero-order valence-electron chi connectivity index (χ0n) is 5.40. The smallest absolute Gasteiger partial charge is 0.177 e. The zero-order valence-corrected chi connectivity index (χ0v) is 5.40. The van der Waals surface area contributed by atoms with Gasteiger partial charge < -0.3 is 0 Å². The number of hydrogen-bond donors (Lipinski definition) is 0. The molecule has 2 heterocycles. The second-order valence-electron chi connectivity index (χ2n) is 2.52. The van der Waals surface area contributed by atoms with Crippen molar-refractivity contribution in [2.75, 3.05) is 6.54 Å². The Bertz CT molecular complexity index is 220. The van der Waals surface area contributed by atoms with Gasteiger partial charge in [0.25, 0.3) is 0 Å². The molecule has 0 saturated heterocycles. The average molecular weight is 135 g/mol. The monoisotopic (exact) mass is 135 g/mol. The fraction of sp³-hybridized carbons (Fsp3) is 0.429. The molecule has 2 atom stereocenters. The normalized spacial score (nSPS) is 36.6. The maximum absolute atomic E-state index is 10.7. The number of hydrogen-bond acceptors (Lipinski definition) is 3. The van der Waals surface area contributed by atoms with Crippen molar-refractivity contribution in [3.8, 4) is 0 Å². The molecule has 0 spiro atoms. The van der Waals surface area contributed by atoms with Crippen LogP contribution in [0.2, 0.25) is 0 Å². The first-order valence-corrected chi connectivity index (χ1v) is 3.28. The van der Waals surface area contributed by atoms with Gasteiger partial charge in [-0.3, -0.25) is 14.8 Å². The van der Waals surface area contributed by atoms with E-state index in [4.69, 9.17) is 0 Å². The third-order valence-electron chi connectivity index (χ3n) is 1.77. The molecule has 2 unspecified atom stereocenters. The molecule has 0 aromatic carbocycles. The Hall–Kier alpha value is -0.990. The van der Waals surface area contributed by atoms with Crippen LogP contribution in [0.1, 0.15) is 0 Å². The highest BCUT2D eigenvalue weighted by atomic mass is 16.1. The lowest BCUT2D eigenvalue weighted by Crippen LogP contribution is -2.27. The third kappa shape index (κ3) is 0.781. The van der Waals surface area contributed by atoms with E-state index in [-0.39, 0.29) is 17.7 Å². The van der Waals surface area contributed by atoms with Crippen molar-refractivity contribution in [2.45, 2.75) is 6.04 Å². The second kappa shape index (κ2) is 2.01. The summed E-state index contributed by atoms with van der Waals surface area (Å²) in [6, 6.07) is 0.151. The van der Waals surface area contributed by atoms with Gasteiger partial charge in [-0.05, 0) is 0 Å². The van der Waals surface area contributed by atoms with Gasteiger partial charge in [0.05, 0.1) is 12.3 Å². The predicted octanol–water partition coefficient (Wildman–Crippen LogP) is -0.0866. The predicted molar refractivity (Wildman–Crippen MR) is 38.4 cm³/mol. The van der Waals surface area contributed by atoms with Crippen LogP contribution in [0.4, 0.5) is 0 Å². The quantitative estimate of drug-likeness (QED) is 0.457. The van der Waals surface area contributed by atoms with E-state index in [1.165, 1.54) is 6.21 Å². The van der Waals surface area contributed by atoms with Gasteiger partial charge in [0.2, 0.25) is 0 Å². The molecule has 0 aromatic heterocycles. The number of Topliss-reactive ketones (excluding diaryl/α,β-unsaturated/α-hetero) is 1. The summed E-state index contributed by atoms with van der Waals surface area (Å²) >= 11 is 0. The topological polar surface area (TPSA) is 41.8 Å². The highest BCUT2D eigenvalue weighted by Gasteiger charge is 2.28. The third-order valence-corrected chi connectivity index (χ3v) is 1.77. The van der Waals surface area contributed by atoms with Gasteiger partial charge in [-0.1, -0.05) is 0 Å². The van der Waals surface area contributed by atoms with E-state index in [1.54, 1.807) is 6.42 Å². The van der Waals surface area contributed by atoms with Crippen molar-refractivity contribution in [1.82, 2.24) is 0 Å². The van der Waals surface area contributed by atoms with Gasteiger partial charge in [0, 0.05) is 25.1 Å². The molecule has 10 heavy (non-hydrogen) atoms. The van der Waals surface area contributed by atoms with Crippen LogP contribution in [0.15, 0.2) is 9.98 Å². The number of nitrogens with zero attached hydrogens (tertiary/aromatic N) is 2. The Balaban J connectivity index is 2.21. The van der Waals surface area contributed by atoms with Crippen LogP contribution < -0.4 is 0 Å². The molecular formula is C7H7N2O. The maximum Gasteiger partial charge on any atom is 0.177 e. The number of aliphatic imine (C=N–C) groups is 2. The first kappa shape index (κ1) is 5.77. The van der Waals surface area contributed by atoms with E-state index in [0.717, 1.165) is 6.54 Å². The molecule has 2 aliphatic heterocycles. The van der Waals surface area contributed by atoms with E-state index in [9.17, 15) is 4.79 Å². The van der Waals surface area contributed by atoms with Gasteiger partial charge >= 0.3 is 0 Å². The van der Waals surface area contributed by atoms with Gasteiger partial charge in [0.15, 0.2) is 5.78 Å². The molecule has 0 N–H and O–H groups in total. The highest BCUT2D eigenvalue weighted by molar-refractivity contribution is 6.32. The van der Waals surface area contributed by atoms with Crippen LogP contribution in [-0.4, -0.2) is 30.8 Å². The first-order chi connectivity index (χ1) is 4.86. The minimum atomic E-state index is 0.0201. The highest BCUT2D eigenvalue weighted by Crippen LogP contribution is 2.18. The minimum absolute atomic E-state index is 0.0201. The number of carbonyl (C=O) groups is 1. The molecule has 0 saturated carbocycles. The minimum Gasteiger partial charge on any atom is -0.295 e. The largest absolute Gasteiger partial charge is 0.295 e. The van der Waals surface area contributed by atoms with Crippen LogP contribution in [0.25, 0.3) is 0 Å². The molecule has 2 aliphatic rings. The Kier molecular flexibility index (Phi) is 1.16. The van der Waals surface area contributed by atoms with E-state index in [1.807, 2.05) is 6.21 Å². The summed E-state index contributed by atoms with van der Waals surface area (Å²) in [4.78, 5) is 18.8. The van der Waals surface area contributed by atoms with E-state index < -0.39 is 0 Å². The van der Waals surface area contributed by atoms with Crippen molar-refractivity contribution in [1.29, 1.82) is 0 Å². The average Bonchev–Trinajstić information content (AvgIpc) is 2.33. The molecule has 0 aromatic rings. The summed E-state index contributed by atoms with van der Waals surface area (Å²) in [7, 11) is 0. The lowest BCUT2D eigenvalue weighted by atomic mass is 9.95. The Labute approximate surface area is 58.9 Å². The van der Waals surface area contributed by atoms with E-state index in [2.05, 4.69) is 9.98 Å². The molecular weight excluding hydrogens is 128 g/mol. The zero-order chi connectivity index (χ0) is 6.97. The van der Waals surface area contributed by atoms with Crippen molar-refractivity contribution in [3.63, 3.8) is 0 Å². The number of rotatable bonds is 0. The van der Waals surface area contributed by atoms with Crippen molar-refractivity contribution < 1.29 is 4.79 Å². The van der Waals surface area contributed by atoms with Crippen LogP contribution in [0.3, 0.4) is 0 Å². The first-order valence-electron chi connectivity index (χ1n) is 3.28. The summed E-state index contributed by atoms with van der Waals surface area (Å²) in [5.41, 5.74) is 0. The fourth-order valence-electron chi connectivity index (χ4n) is 1.22. The van der Waals surface area contributed by atoms with Crippen molar-refractivity contribution in [2.24, 2.45) is 15.9 Å². The molecule has 0 amide bonds. The Morgan fingerprint density at radius 1 is 1.60 bits per heavy atom. The molecule has 0 bridgehead atoms. The summed E-state index contributed by atoms with van der Waals surface area (Å²) in [5.74, 6) is 0.268. The summed E-state index contributed by atoms with van der Waals surface area (Å²) < 4.78 is 0. The van der Waals surface area contributed by atoms with Crippen molar-refractivity contribution in [3.05, 3.63) is 6.42 Å². The van der Waals surface area contributed by atoms with Gasteiger partial charge in [0.1, 0.15) is 0 Å². The number of fused-ring (bicyclic) bond motifs is 1. The summed E-state index contributed by atoms with van der Waals surface area (Å²) in [6.07, 6.45) is 4.88. The lowest BCUT2D eigenvalue weighted by Gasteiger charge is -2.14. The van der Waals surface area contributed by atoms with Gasteiger partial charge in [-0.25, -0.2) is 0 Å². The van der Waals surface area contributed by atoms with Crippen LogP contribution >= 0.6 is 0 Å². The SMILES string of the molecule is O=C1[CH]C2CN=CC2N=C1. The maximum atomic E-state index is 10.7. The molecule has 3 nitrogen and oxygen atoms in total. The van der Waals surface area contributed by atoms with Gasteiger partial charge in [-0.2, -0.15) is 0 Å². The molecule has 0 fully saturated rings. The molecule has 2 rings (SSSR count). The summed E-state index contributed by atoms with van der Waals surface area (Å²) in [6.45, 7) is 0.730. The van der Waals surface area contributed by atoms with Crippen molar-refractivity contribution >= 4 is 18.2 Å². The van der Waals surface area contributed by atoms with Crippen LogP contribution in [0, 0.1) is 12.3 Å². The Morgan fingerprint density at radius 3 is 3.40 bits per heavy atom. The second-order valence-corrected chi connectivity index (χ2v) is 2.52. The summed E-state index contributed by atoms with van der Waals surface area (Å²) in [5, 5.41) is 0. The molecule has 3 heteroatoms. The van der Waals surface area contributed by atoms with Crippen LogP contribution in [-0.2, 0) is 4.79 Å². The number of ketones is 1. The van der Waals surface area contributed by atoms with E-state index >= 15 is 0 Å². The molecule has 1 radical (unpaired) electrons. The molecule has 51 valence electrons. The standard InChI is InChI=1S/C7H7N2O/c10-6-1-5-2-8-4-7(5)9-3-6/h1,3-5,7H,2H2. The van der Waals surface area contributed by atoms with Gasteiger partial charge in [-0.15, -0.1) is 0 Å². The molecule has 0 aliphatic carbocycles. The fourth-order valence-corrected chi connectivity index (χ4v) is 1.22.